The fraction of sp³-hybridized carbons (Fsp3) is 0.167. The van der Waals surface area contributed by atoms with Crippen molar-refractivity contribution in [3.8, 4) is 11.5 Å². The van der Waals surface area contributed by atoms with Crippen molar-refractivity contribution in [3.63, 3.8) is 0 Å². The molecule has 1 N–H and O–H groups in total. The summed E-state index contributed by atoms with van der Waals surface area (Å²) in [7, 11) is 1.29. The number of carbonyl (C=O) groups is 2. The van der Waals surface area contributed by atoms with Crippen molar-refractivity contribution in [2.75, 3.05) is 19.2 Å². The van der Waals surface area contributed by atoms with E-state index in [-0.39, 0.29) is 24.9 Å². The molecular formula is C18H15N3O5. The first kappa shape index (κ1) is 15.9. The van der Waals surface area contributed by atoms with Crippen molar-refractivity contribution in [1.29, 1.82) is 0 Å². The van der Waals surface area contributed by atoms with Crippen LogP contribution < -0.4 is 14.8 Å². The second-order valence-electron chi connectivity index (χ2n) is 5.63. The van der Waals surface area contributed by atoms with Gasteiger partial charge in [-0.3, -0.25) is 9.48 Å². The zero-order valence-electron chi connectivity index (χ0n) is 13.9. The number of esters is 1. The summed E-state index contributed by atoms with van der Waals surface area (Å²) in [6.07, 6.45) is 0. The SMILES string of the molecule is COC(=O)c1nn(CC(=O)Nc2ccc3c(c2)OCO3)c2ccccc12. The zero-order valence-corrected chi connectivity index (χ0v) is 13.9. The van der Waals surface area contributed by atoms with Crippen molar-refractivity contribution in [3.05, 3.63) is 48.2 Å². The molecule has 3 aromatic rings. The molecule has 4 rings (SSSR count). The van der Waals surface area contributed by atoms with E-state index in [1.165, 1.54) is 11.8 Å². The van der Waals surface area contributed by atoms with Crippen LogP contribution in [-0.2, 0) is 16.1 Å². The first-order chi connectivity index (χ1) is 12.7. The molecule has 0 fully saturated rings. The molecule has 0 spiro atoms. The lowest BCUT2D eigenvalue weighted by Crippen LogP contribution is -2.19. The average Bonchev–Trinajstić information content (AvgIpc) is 3.25. The van der Waals surface area contributed by atoms with E-state index in [0.717, 1.165) is 0 Å². The van der Waals surface area contributed by atoms with E-state index in [2.05, 4.69) is 10.4 Å². The maximum absolute atomic E-state index is 12.4. The van der Waals surface area contributed by atoms with Gasteiger partial charge in [-0.15, -0.1) is 0 Å². The minimum Gasteiger partial charge on any atom is -0.464 e. The number of hydrogen-bond donors (Lipinski definition) is 1. The molecule has 8 nitrogen and oxygen atoms in total. The van der Waals surface area contributed by atoms with E-state index >= 15 is 0 Å². The van der Waals surface area contributed by atoms with Gasteiger partial charge in [0.15, 0.2) is 17.2 Å². The quantitative estimate of drug-likeness (QED) is 0.723. The van der Waals surface area contributed by atoms with Crippen LogP contribution in [0, 0.1) is 0 Å². The number of para-hydroxylation sites is 1. The summed E-state index contributed by atoms with van der Waals surface area (Å²) in [5.41, 5.74) is 1.44. The van der Waals surface area contributed by atoms with Crippen LogP contribution in [0.3, 0.4) is 0 Å². The molecule has 2 heterocycles. The van der Waals surface area contributed by atoms with Gasteiger partial charge in [-0.2, -0.15) is 5.10 Å². The largest absolute Gasteiger partial charge is 0.464 e. The molecule has 1 aromatic heterocycles. The third-order valence-corrected chi connectivity index (χ3v) is 3.99. The molecule has 0 radical (unpaired) electrons. The van der Waals surface area contributed by atoms with Gasteiger partial charge in [-0.25, -0.2) is 4.79 Å². The molecule has 2 aromatic carbocycles. The highest BCUT2D eigenvalue weighted by molar-refractivity contribution is 6.02. The Hall–Kier alpha value is -3.55. The topological polar surface area (TPSA) is 91.7 Å². The summed E-state index contributed by atoms with van der Waals surface area (Å²) in [6, 6.07) is 12.3. The number of rotatable bonds is 4. The van der Waals surface area contributed by atoms with Crippen LogP contribution in [0.5, 0.6) is 11.5 Å². The predicted octanol–water partition coefficient (Wildman–Crippen LogP) is 2.19. The molecule has 0 bridgehead atoms. The van der Waals surface area contributed by atoms with Gasteiger partial charge in [-0.1, -0.05) is 18.2 Å². The normalized spacial score (nSPS) is 12.2. The number of nitrogens with one attached hydrogen (secondary N) is 1. The van der Waals surface area contributed by atoms with Crippen LogP contribution in [-0.4, -0.2) is 35.6 Å². The number of anilines is 1. The Morgan fingerprint density at radius 2 is 2.00 bits per heavy atom. The predicted molar refractivity (Wildman–Crippen MR) is 92.3 cm³/mol. The van der Waals surface area contributed by atoms with Crippen molar-refractivity contribution in [2.24, 2.45) is 0 Å². The molecule has 0 saturated heterocycles. The number of ether oxygens (including phenoxy) is 3. The van der Waals surface area contributed by atoms with Gasteiger partial charge in [0.05, 0.1) is 12.6 Å². The smallest absolute Gasteiger partial charge is 0.359 e. The van der Waals surface area contributed by atoms with Crippen LogP contribution in [0.25, 0.3) is 10.9 Å². The maximum atomic E-state index is 12.4. The van der Waals surface area contributed by atoms with E-state index in [0.29, 0.717) is 28.1 Å². The minimum absolute atomic E-state index is 0.0497. The van der Waals surface area contributed by atoms with Crippen LogP contribution in [0.2, 0.25) is 0 Å². The zero-order chi connectivity index (χ0) is 18.1. The first-order valence-corrected chi connectivity index (χ1v) is 7.89. The molecule has 0 aliphatic carbocycles. The Kier molecular flexibility index (Phi) is 3.92. The monoisotopic (exact) mass is 353 g/mol. The van der Waals surface area contributed by atoms with Gasteiger partial charge < -0.3 is 19.5 Å². The van der Waals surface area contributed by atoms with Crippen molar-refractivity contribution in [2.45, 2.75) is 6.54 Å². The molecule has 0 atom stereocenters. The van der Waals surface area contributed by atoms with Gasteiger partial charge in [0.25, 0.3) is 0 Å². The Balaban J connectivity index is 1.57. The van der Waals surface area contributed by atoms with Crippen molar-refractivity contribution in [1.82, 2.24) is 9.78 Å². The molecule has 26 heavy (non-hydrogen) atoms. The second kappa shape index (κ2) is 6.40. The summed E-state index contributed by atoms with van der Waals surface area (Å²) >= 11 is 0. The number of benzene rings is 2. The Morgan fingerprint density at radius 1 is 1.19 bits per heavy atom. The van der Waals surface area contributed by atoms with Crippen LogP contribution in [0.1, 0.15) is 10.5 Å². The minimum atomic E-state index is -0.545. The molecule has 8 heteroatoms. The fourth-order valence-corrected chi connectivity index (χ4v) is 2.81. The highest BCUT2D eigenvalue weighted by Gasteiger charge is 2.19. The van der Waals surface area contributed by atoms with E-state index in [1.54, 1.807) is 36.4 Å². The van der Waals surface area contributed by atoms with E-state index < -0.39 is 5.97 Å². The van der Waals surface area contributed by atoms with Gasteiger partial charge in [0.1, 0.15) is 6.54 Å². The van der Waals surface area contributed by atoms with Crippen LogP contribution >= 0.6 is 0 Å². The van der Waals surface area contributed by atoms with Crippen molar-refractivity contribution < 1.29 is 23.8 Å². The summed E-state index contributed by atoms with van der Waals surface area (Å²) in [6.45, 7) is 0.119. The van der Waals surface area contributed by atoms with Gasteiger partial charge in [0, 0.05) is 17.1 Å². The average molecular weight is 353 g/mol. The number of amides is 1. The highest BCUT2D eigenvalue weighted by atomic mass is 16.7. The van der Waals surface area contributed by atoms with Crippen molar-refractivity contribution >= 4 is 28.5 Å². The van der Waals surface area contributed by atoms with Crippen LogP contribution in [0.15, 0.2) is 42.5 Å². The lowest BCUT2D eigenvalue weighted by atomic mass is 10.2. The van der Waals surface area contributed by atoms with Gasteiger partial charge >= 0.3 is 5.97 Å². The number of nitrogens with zero attached hydrogens (tertiary/aromatic N) is 2. The third kappa shape index (κ3) is 2.81. The van der Waals surface area contributed by atoms with Gasteiger partial charge in [-0.05, 0) is 18.2 Å². The first-order valence-electron chi connectivity index (χ1n) is 7.89. The number of hydrogen-bond acceptors (Lipinski definition) is 6. The van der Waals surface area contributed by atoms with E-state index in [9.17, 15) is 9.59 Å². The lowest BCUT2D eigenvalue weighted by Gasteiger charge is -2.07. The fourth-order valence-electron chi connectivity index (χ4n) is 2.81. The maximum Gasteiger partial charge on any atom is 0.359 e. The van der Waals surface area contributed by atoms with Crippen LogP contribution in [0.4, 0.5) is 5.69 Å². The molecule has 132 valence electrons. The number of methoxy groups -OCH3 is 1. The highest BCUT2D eigenvalue weighted by Crippen LogP contribution is 2.34. The number of carbonyl (C=O) groups excluding carboxylic acids is 2. The molecule has 1 aliphatic heterocycles. The molecule has 1 aliphatic rings. The Bertz CT molecular complexity index is 1010. The van der Waals surface area contributed by atoms with E-state index in [4.69, 9.17) is 14.2 Å². The van der Waals surface area contributed by atoms with Gasteiger partial charge in [0.2, 0.25) is 12.7 Å². The summed E-state index contributed by atoms with van der Waals surface area (Å²) in [5.74, 6) is 0.397. The Labute approximate surface area is 148 Å². The lowest BCUT2D eigenvalue weighted by molar-refractivity contribution is -0.116. The standard InChI is InChI=1S/C18H15N3O5/c1-24-18(23)17-12-4-2-3-5-13(12)21(20-17)9-16(22)19-11-6-7-14-15(8-11)26-10-25-14/h2-8H,9-10H2,1H3,(H,19,22). The molecule has 0 unspecified atom stereocenters. The molecular weight excluding hydrogens is 338 g/mol. The third-order valence-electron chi connectivity index (χ3n) is 3.99. The van der Waals surface area contributed by atoms with E-state index in [1.807, 2.05) is 6.07 Å². The Morgan fingerprint density at radius 3 is 2.85 bits per heavy atom. The number of aromatic nitrogens is 2. The molecule has 1 amide bonds. The summed E-state index contributed by atoms with van der Waals surface area (Å²) < 4.78 is 16.8. The summed E-state index contributed by atoms with van der Waals surface area (Å²) in [5, 5.41) is 7.66. The second-order valence-corrected chi connectivity index (χ2v) is 5.63. The summed E-state index contributed by atoms with van der Waals surface area (Å²) in [4.78, 5) is 24.3. The molecule has 0 saturated carbocycles. The number of fused-ring (bicyclic) bond motifs is 2.